The van der Waals surface area contributed by atoms with Gasteiger partial charge in [0.1, 0.15) is 11.6 Å². The van der Waals surface area contributed by atoms with Gasteiger partial charge in [-0.15, -0.1) is 0 Å². The summed E-state index contributed by atoms with van der Waals surface area (Å²) in [5.74, 6) is -3.28. The molecule has 0 saturated heterocycles. The number of alkyl halides is 3. The lowest BCUT2D eigenvalue weighted by atomic mass is 9.60. The van der Waals surface area contributed by atoms with E-state index in [0.717, 1.165) is 48.3 Å². The number of hydrogen-bond donors (Lipinski definition) is 2. The molecular formula is C27H25F5N2O3. The molecule has 2 heterocycles. The van der Waals surface area contributed by atoms with Gasteiger partial charge in [0.2, 0.25) is 0 Å². The molecule has 196 valence electrons. The summed E-state index contributed by atoms with van der Waals surface area (Å²) in [6.07, 6.45) is 1.21. The van der Waals surface area contributed by atoms with E-state index < -0.39 is 18.2 Å². The van der Waals surface area contributed by atoms with Gasteiger partial charge in [-0.1, -0.05) is 24.6 Å². The van der Waals surface area contributed by atoms with E-state index in [0.29, 0.717) is 0 Å². The Kier molecular flexibility index (Phi) is 7.23. The van der Waals surface area contributed by atoms with Crippen LogP contribution in [-0.2, 0) is 11.3 Å². The predicted octanol–water partition coefficient (Wildman–Crippen LogP) is 6.40. The average molecular weight is 520 g/mol. The van der Waals surface area contributed by atoms with Crippen molar-refractivity contribution in [2.45, 2.75) is 45.0 Å². The van der Waals surface area contributed by atoms with E-state index in [9.17, 15) is 27.1 Å². The van der Waals surface area contributed by atoms with Crippen molar-refractivity contribution in [2.75, 3.05) is 0 Å². The van der Waals surface area contributed by atoms with Crippen LogP contribution in [0, 0.1) is 23.0 Å². The first-order valence-electron chi connectivity index (χ1n) is 11.7. The zero-order chi connectivity index (χ0) is 27.0. The molecule has 5 nitrogen and oxygen atoms in total. The average Bonchev–Trinajstić information content (AvgIpc) is 3.24. The fraction of sp³-hybridized carbons (Fsp3) is 0.333. The molecule has 0 radical (unpaired) electrons. The van der Waals surface area contributed by atoms with Gasteiger partial charge in [-0.05, 0) is 73.2 Å². The highest BCUT2D eigenvalue weighted by atomic mass is 19.4. The number of aliphatic hydroxyl groups is 1. The Balaban J connectivity index is 0.000000405. The molecule has 1 aromatic heterocycles. The zero-order valence-corrected chi connectivity index (χ0v) is 19.8. The molecule has 10 heteroatoms. The highest BCUT2D eigenvalue weighted by Crippen LogP contribution is 2.54. The summed E-state index contributed by atoms with van der Waals surface area (Å²) >= 11 is 0. The van der Waals surface area contributed by atoms with Gasteiger partial charge >= 0.3 is 12.1 Å². The number of carboxylic acid groups (broad SMARTS) is 1. The zero-order valence-electron chi connectivity index (χ0n) is 19.8. The van der Waals surface area contributed by atoms with Crippen LogP contribution >= 0.6 is 0 Å². The third kappa shape index (κ3) is 5.44. The van der Waals surface area contributed by atoms with Crippen LogP contribution in [-0.4, -0.2) is 31.9 Å². The molecule has 3 aromatic rings. The summed E-state index contributed by atoms with van der Waals surface area (Å²) in [7, 11) is 0. The molecule has 37 heavy (non-hydrogen) atoms. The van der Waals surface area contributed by atoms with Gasteiger partial charge in [-0.25, -0.2) is 18.6 Å². The summed E-state index contributed by atoms with van der Waals surface area (Å²) in [6, 6.07) is 12.6. The lowest BCUT2D eigenvalue weighted by Crippen LogP contribution is -2.42. The summed E-state index contributed by atoms with van der Waals surface area (Å²) in [5, 5.41) is 18.3. The van der Waals surface area contributed by atoms with Crippen molar-refractivity contribution < 1.29 is 37.0 Å². The Morgan fingerprint density at radius 2 is 1.65 bits per heavy atom. The minimum absolute atomic E-state index is 0.0350. The maximum Gasteiger partial charge on any atom is 0.490 e. The number of fused-ring (bicyclic) bond motifs is 2. The summed E-state index contributed by atoms with van der Waals surface area (Å²) in [5.41, 5.74) is 4.64. The number of carboxylic acids is 1. The molecule has 3 atom stereocenters. The van der Waals surface area contributed by atoms with Crippen LogP contribution in [0.25, 0.3) is 17.3 Å². The number of imidazole rings is 1. The predicted molar refractivity (Wildman–Crippen MR) is 126 cm³/mol. The van der Waals surface area contributed by atoms with Crippen molar-refractivity contribution in [1.29, 1.82) is 0 Å². The van der Waals surface area contributed by atoms with Gasteiger partial charge in [-0.2, -0.15) is 13.2 Å². The minimum atomic E-state index is -5.08. The third-order valence-corrected chi connectivity index (χ3v) is 7.15. The lowest BCUT2D eigenvalue weighted by Gasteiger charge is -2.48. The van der Waals surface area contributed by atoms with E-state index in [4.69, 9.17) is 9.90 Å². The second-order valence-electron chi connectivity index (χ2n) is 9.50. The lowest BCUT2D eigenvalue weighted by molar-refractivity contribution is -0.192. The molecule has 0 spiro atoms. The first-order chi connectivity index (χ1) is 17.4. The van der Waals surface area contributed by atoms with E-state index in [1.807, 2.05) is 6.33 Å². The van der Waals surface area contributed by atoms with Crippen LogP contribution in [0.15, 0.2) is 60.4 Å². The van der Waals surface area contributed by atoms with Crippen LogP contribution in [0.3, 0.4) is 0 Å². The summed E-state index contributed by atoms with van der Waals surface area (Å²) in [6.45, 7) is 2.95. The molecule has 2 aliphatic rings. The van der Waals surface area contributed by atoms with E-state index in [1.165, 1.54) is 29.8 Å². The summed E-state index contributed by atoms with van der Waals surface area (Å²) in [4.78, 5) is 13.5. The number of benzene rings is 2. The largest absolute Gasteiger partial charge is 0.490 e. The number of aliphatic carboxylic acids is 1. The van der Waals surface area contributed by atoms with Crippen LogP contribution < -0.4 is 0 Å². The van der Waals surface area contributed by atoms with Gasteiger partial charge in [-0.3, -0.25) is 0 Å². The number of rotatable bonds is 3. The Morgan fingerprint density at radius 3 is 2.22 bits per heavy atom. The first-order valence-corrected chi connectivity index (χ1v) is 11.7. The Labute approximate surface area is 209 Å². The molecule has 1 aliphatic heterocycles. The van der Waals surface area contributed by atoms with E-state index in [2.05, 4.69) is 22.6 Å². The minimum Gasteiger partial charge on any atom is -0.475 e. The molecule has 2 N–H and O–H groups in total. The van der Waals surface area contributed by atoms with Crippen molar-refractivity contribution >= 4 is 12.0 Å². The van der Waals surface area contributed by atoms with Crippen molar-refractivity contribution in [1.82, 2.24) is 9.55 Å². The van der Waals surface area contributed by atoms with E-state index >= 15 is 0 Å². The third-order valence-electron chi connectivity index (χ3n) is 7.15. The van der Waals surface area contributed by atoms with Crippen LogP contribution in [0.2, 0.25) is 0 Å². The van der Waals surface area contributed by atoms with Crippen molar-refractivity contribution in [3.05, 3.63) is 83.3 Å². The number of nitrogens with zero attached hydrogens (tertiary/aromatic N) is 2. The monoisotopic (exact) mass is 520 g/mol. The Bertz CT molecular complexity index is 1300. The number of halogens is 5. The molecule has 1 aliphatic carbocycles. The van der Waals surface area contributed by atoms with Crippen molar-refractivity contribution in [3.8, 4) is 11.3 Å². The molecule has 0 amide bonds. The number of aromatic nitrogens is 2. The van der Waals surface area contributed by atoms with Gasteiger partial charge in [0, 0.05) is 17.5 Å². The van der Waals surface area contributed by atoms with E-state index in [1.54, 1.807) is 24.3 Å². The van der Waals surface area contributed by atoms with Gasteiger partial charge in [0.15, 0.2) is 0 Å². The number of allylic oxidation sites excluding steroid dienone is 1. The van der Waals surface area contributed by atoms with Crippen LogP contribution in [0.5, 0.6) is 0 Å². The van der Waals surface area contributed by atoms with Crippen molar-refractivity contribution in [3.63, 3.8) is 0 Å². The molecule has 5 rings (SSSR count). The first kappa shape index (κ1) is 26.5. The molecule has 0 unspecified atom stereocenters. The molecular weight excluding hydrogens is 495 g/mol. The summed E-state index contributed by atoms with van der Waals surface area (Å²) < 4.78 is 60.6. The van der Waals surface area contributed by atoms with Gasteiger partial charge < -0.3 is 14.8 Å². The molecule has 0 bridgehead atoms. The molecule has 1 saturated carbocycles. The maximum atomic E-state index is 13.3. The number of carbonyl (C=O) groups is 1. The second-order valence-corrected chi connectivity index (χ2v) is 9.50. The van der Waals surface area contributed by atoms with Crippen LogP contribution in [0.4, 0.5) is 22.0 Å². The van der Waals surface area contributed by atoms with Crippen molar-refractivity contribution in [2.24, 2.45) is 11.3 Å². The normalized spacial score (nSPS) is 21.6. The Hall–Kier alpha value is -3.53. The smallest absolute Gasteiger partial charge is 0.475 e. The second kappa shape index (κ2) is 10.1. The standard InChI is InChI=1S/C25H24F2N2O.C2HF3O2/c1-25-14-29-15-28-23(16-5-9-19(26)10-6-16)22(29)13-18(25)3-2-4-21(25)24(30)17-7-11-20(27)12-8-17;3-2(4,5)1(6)7/h5-13,15,21,24,30H,2-4,14H2,1H3;(H,6,7)/t21-,24-,25+;/m1./s1. The highest BCUT2D eigenvalue weighted by molar-refractivity contribution is 5.73. The maximum absolute atomic E-state index is 13.3. The van der Waals surface area contributed by atoms with E-state index in [-0.39, 0.29) is 23.0 Å². The molecule has 1 fully saturated rings. The van der Waals surface area contributed by atoms with Gasteiger partial charge in [0.05, 0.1) is 23.8 Å². The number of aliphatic hydroxyl groups excluding tert-OH is 1. The molecule has 2 aromatic carbocycles. The fourth-order valence-corrected chi connectivity index (χ4v) is 5.23. The quantitative estimate of drug-likeness (QED) is 0.392. The Morgan fingerprint density at radius 1 is 1.08 bits per heavy atom. The highest BCUT2D eigenvalue weighted by Gasteiger charge is 2.46. The number of hydrogen-bond acceptors (Lipinski definition) is 3. The van der Waals surface area contributed by atoms with Crippen LogP contribution in [0.1, 0.15) is 43.5 Å². The van der Waals surface area contributed by atoms with Gasteiger partial charge in [0.25, 0.3) is 0 Å². The topological polar surface area (TPSA) is 75.3 Å². The fourth-order valence-electron chi connectivity index (χ4n) is 5.23. The SMILES string of the molecule is C[C@]12Cn3cnc(-c4ccc(F)cc4)c3C=C1CCC[C@@H]2[C@H](O)c1ccc(F)cc1.O=C(O)C(F)(F)F.